The number of ether oxygens (including phenoxy) is 2. The highest BCUT2D eigenvalue weighted by molar-refractivity contribution is 9.10. The fraction of sp³-hybridized carbons (Fsp3) is 0.429. The minimum absolute atomic E-state index is 0.0847. The van der Waals surface area contributed by atoms with E-state index < -0.39 is 0 Å². The van der Waals surface area contributed by atoms with Crippen LogP contribution in [0.2, 0.25) is 0 Å². The number of halogens is 1. The quantitative estimate of drug-likeness (QED) is 0.828. The summed E-state index contributed by atoms with van der Waals surface area (Å²) in [6.07, 6.45) is 3.30. The van der Waals surface area contributed by atoms with Gasteiger partial charge in [-0.15, -0.1) is 10.2 Å². The Balaban J connectivity index is 2.18. The molecule has 6 nitrogen and oxygen atoms in total. The molecule has 0 saturated heterocycles. The molecule has 1 heterocycles. The standard InChI is InChI=1S/C14H19BrN4O2/c1-4-20-13-6-11(7-18-19-8-16-17-9-19)5-12(15)14(13)21-10(2)3/h5-6,8-10,18H,4,7H2,1-3H3. The number of hydrogen-bond acceptors (Lipinski definition) is 5. The molecule has 2 aromatic rings. The van der Waals surface area contributed by atoms with E-state index in [2.05, 4.69) is 31.6 Å². The Kier molecular flexibility index (Phi) is 5.44. The predicted octanol–water partition coefficient (Wildman–Crippen LogP) is 2.97. The van der Waals surface area contributed by atoms with Gasteiger partial charge in [-0.25, -0.2) is 4.68 Å². The van der Waals surface area contributed by atoms with Crippen molar-refractivity contribution in [2.24, 2.45) is 0 Å². The molecule has 1 aromatic heterocycles. The molecular weight excluding hydrogens is 336 g/mol. The van der Waals surface area contributed by atoms with Gasteiger partial charge in [-0.05, 0) is 54.4 Å². The zero-order chi connectivity index (χ0) is 15.2. The van der Waals surface area contributed by atoms with E-state index in [-0.39, 0.29) is 6.10 Å². The molecular formula is C14H19BrN4O2. The summed E-state index contributed by atoms with van der Waals surface area (Å²) < 4.78 is 14.1. The van der Waals surface area contributed by atoms with Gasteiger partial charge in [-0.1, -0.05) is 0 Å². The van der Waals surface area contributed by atoms with Crippen LogP contribution in [-0.2, 0) is 6.54 Å². The molecule has 0 aliphatic heterocycles. The SMILES string of the molecule is CCOc1cc(CNn2cnnc2)cc(Br)c1OC(C)C. The van der Waals surface area contributed by atoms with E-state index in [0.29, 0.717) is 13.2 Å². The van der Waals surface area contributed by atoms with Crippen molar-refractivity contribution in [1.29, 1.82) is 0 Å². The first-order chi connectivity index (χ1) is 10.1. The average Bonchev–Trinajstić information content (AvgIpc) is 2.93. The lowest BCUT2D eigenvalue weighted by Gasteiger charge is -2.17. The molecule has 0 saturated carbocycles. The summed E-state index contributed by atoms with van der Waals surface area (Å²) in [5.41, 5.74) is 4.24. The molecule has 1 N–H and O–H groups in total. The number of rotatable bonds is 7. The van der Waals surface area contributed by atoms with Gasteiger partial charge in [0.1, 0.15) is 12.7 Å². The topological polar surface area (TPSA) is 61.2 Å². The lowest BCUT2D eigenvalue weighted by Crippen LogP contribution is -2.13. The Labute approximate surface area is 132 Å². The summed E-state index contributed by atoms with van der Waals surface area (Å²) in [5, 5.41) is 7.48. The van der Waals surface area contributed by atoms with Gasteiger partial charge in [0.15, 0.2) is 11.5 Å². The smallest absolute Gasteiger partial charge is 0.175 e. The maximum Gasteiger partial charge on any atom is 0.175 e. The van der Waals surface area contributed by atoms with Crippen LogP contribution in [0, 0.1) is 0 Å². The third-order valence-corrected chi connectivity index (χ3v) is 3.20. The molecule has 21 heavy (non-hydrogen) atoms. The Morgan fingerprint density at radius 3 is 2.62 bits per heavy atom. The van der Waals surface area contributed by atoms with Gasteiger partial charge in [-0.3, -0.25) is 0 Å². The second-order valence-corrected chi connectivity index (χ2v) is 5.56. The molecule has 0 radical (unpaired) electrons. The van der Waals surface area contributed by atoms with Crippen molar-refractivity contribution in [3.05, 3.63) is 34.8 Å². The van der Waals surface area contributed by atoms with Crippen LogP contribution in [0.4, 0.5) is 0 Å². The molecule has 0 amide bonds. The van der Waals surface area contributed by atoms with E-state index in [1.165, 1.54) is 0 Å². The summed E-state index contributed by atoms with van der Waals surface area (Å²) in [4.78, 5) is 0. The van der Waals surface area contributed by atoms with Gasteiger partial charge in [0.05, 0.1) is 23.7 Å². The second kappa shape index (κ2) is 7.31. The van der Waals surface area contributed by atoms with Gasteiger partial charge in [-0.2, -0.15) is 0 Å². The van der Waals surface area contributed by atoms with Gasteiger partial charge in [0, 0.05) is 0 Å². The average molecular weight is 355 g/mol. The largest absolute Gasteiger partial charge is 0.490 e. The fourth-order valence-corrected chi connectivity index (χ4v) is 2.38. The van der Waals surface area contributed by atoms with Gasteiger partial charge >= 0.3 is 0 Å². The molecule has 1 aromatic carbocycles. The highest BCUT2D eigenvalue weighted by Gasteiger charge is 2.13. The van der Waals surface area contributed by atoms with Crippen molar-refractivity contribution in [1.82, 2.24) is 14.9 Å². The summed E-state index contributed by atoms with van der Waals surface area (Å²) in [6, 6.07) is 3.99. The Morgan fingerprint density at radius 1 is 1.29 bits per heavy atom. The highest BCUT2D eigenvalue weighted by Crippen LogP contribution is 2.37. The first-order valence-electron chi connectivity index (χ1n) is 6.80. The molecule has 7 heteroatoms. The van der Waals surface area contributed by atoms with Gasteiger partial charge in [0.25, 0.3) is 0 Å². The molecule has 0 spiro atoms. The van der Waals surface area contributed by atoms with E-state index in [0.717, 1.165) is 21.5 Å². The lowest BCUT2D eigenvalue weighted by molar-refractivity contribution is 0.222. The van der Waals surface area contributed by atoms with Crippen molar-refractivity contribution in [2.45, 2.75) is 33.4 Å². The fourth-order valence-electron chi connectivity index (χ4n) is 1.80. The van der Waals surface area contributed by atoms with Gasteiger partial charge in [0.2, 0.25) is 0 Å². The van der Waals surface area contributed by atoms with Crippen molar-refractivity contribution in [2.75, 3.05) is 12.0 Å². The van der Waals surface area contributed by atoms with Gasteiger partial charge < -0.3 is 14.9 Å². The number of nitrogens with zero attached hydrogens (tertiary/aromatic N) is 3. The zero-order valence-corrected chi connectivity index (χ0v) is 13.9. The van der Waals surface area contributed by atoms with Crippen molar-refractivity contribution in [3.63, 3.8) is 0 Å². The molecule has 0 atom stereocenters. The Morgan fingerprint density at radius 2 is 2.00 bits per heavy atom. The summed E-state index contributed by atoms with van der Waals surface area (Å²) in [7, 11) is 0. The summed E-state index contributed by atoms with van der Waals surface area (Å²) in [5.74, 6) is 1.47. The van der Waals surface area contributed by atoms with E-state index in [9.17, 15) is 0 Å². The zero-order valence-electron chi connectivity index (χ0n) is 12.3. The van der Waals surface area contributed by atoms with E-state index in [1.807, 2.05) is 32.9 Å². The van der Waals surface area contributed by atoms with Crippen LogP contribution >= 0.6 is 15.9 Å². The molecule has 0 fully saturated rings. The number of aromatic nitrogens is 3. The monoisotopic (exact) mass is 354 g/mol. The van der Waals surface area contributed by atoms with E-state index in [4.69, 9.17) is 9.47 Å². The van der Waals surface area contributed by atoms with Crippen LogP contribution in [0.3, 0.4) is 0 Å². The van der Waals surface area contributed by atoms with Crippen LogP contribution < -0.4 is 14.9 Å². The van der Waals surface area contributed by atoms with Crippen LogP contribution in [0.25, 0.3) is 0 Å². The van der Waals surface area contributed by atoms with Crippen molar-refractivity contribution in [3.8, 4) is 11.5 Å². The van der Waals surface area contributed by atoms with Crippen LogP contribution in [0.15, 0.2) is 29.3 Å². The van der Waals surface area contributed by atoms with Crippen molar-refractivity contribution >= 4 is 15.9 Å². The predicted molar refractivity (Wildman–Crippen MR) is 84.2 cm³/mol. The first kappa shape index (κ1) is 15.6. The third-order valence-electron chi connectivity index (χ3n) is 2.61. The Bertz CT molecular complexity index is 573. The minimum atomic E-state index is 0.0847. The van der Waals surface area contributed by atoms with Crippen LogP contribution in [-0.4, -0.2) is 27.6 Å². The second-order valence-electron chi connectivity index (χ2n) is 4.71. The maximum atomic E-state index is 5.82. The van der Waals surface area contributed by atoms with E-state index >= 15 is 0 Å². The Hall–Kier alpha value is -1.76. The van der Waals surface area contributed by atoms with Crippen molar-refractivity contribution < 1.29 is 9.47 Å². The molecule has 0 aliphatic rings. The van der Waals surface area contributed by atoms with Crippen LogP contribution in [0.5, 0.6) is 11.5 Å². The normalized spacial score (nSPS) is 10.7. The lowest BCUT2D eigenvalue weighted by atomic mass is 10.2. The van der Waals surface area contributed by atoms with E-state index in [1.54, 1.807) is 17.3 Å². The van der Waals surface area contributed by atoms with Crippen LogP contribution in [0.1, 0.15) is 26.3 Å². The molecule has 0 aliphatic carbocycles. The molecule has 2 rings (SSSR count). The molecule has 0 unspecified atom stereocenters. The third kappa shape index (κ3) is 4.35. The highest BCUT2D eigenvalue weighted by atomic mass is 79.9. The molecule has 0 bridgehead atoms. The maximum absolute atomic E-state index is 5.82. The molecule has 114 valence electrons. The number of nitrogens with one attached hydrogen (secondary N) is 1. The number of hydrogen-bond donors (Lipinski definition) is 1. The first-order valence-corrected chi connectivity index (χ1v) is 7.59. The summed E-state index contributed by atoms with van der Waals surface area (Å²) >= 11 is 3.55. The summed E-state index contributed by atoms with van der Waals surface area (Å²) in [6.45, 7) is 7.14. The number of benzene rings is 1. The minimum Gasteiger partial charge on any atom is -0.490 e.